The van der Waals surface area contributed by atoms with Crippen LogP contribution in [0.1, 0.15) is 6.42 Å². The van der Waals surface area contributed by atoms with E-state index in [0.29, 0.717) is 30.3 Å². The number of aliphatic carboxylic acids is 1. The molecule has 5 nitrogen and oxygen atoms in total. The van der Waals surface area contributed by atoms with Gasteiger partial charge in [-0.05, 0) is 30.7 Å². The Morgan fingerprint density at radius 2 is 1.95 bits per heavy atom. The first-order chi connectivity index (χ1) is 9.08. The van der Waals surface area contributed by atoms with Crippen molar-refractivity contribution in [1.29, 1.82) is 0 Å². The van der Waals surface area contributed by atoms with Gasteiger partial charge in [-0.3, -0.25) is 4.79 Å². The maximum atomic E-state index is 11.5. The SMILES string of the molecule is O=C(NCCOc1ccc(Cl)cc1)[C@H]1C[C@H]1C(=O)[O-].[Na+]. The zero-order chi connectivity index (χ0) is 13.8. The van der Waals surface area contributed by atoms with Crippen molar-refractivity contribution in [3.05, 3.63) is 29.3 Å². The summed E-state index contributed by atoms with van der Waals surface area (Å²) >= 11 is 5.73. The van der Waals surface area contributed by atoms with Crippen LogP contribution in [0, 0.1) is 11.8 Å². The molecule has 0 bridgehead atoms. The van der Waals surface area contributed by atoms with Gasteiger partial charge in [-0.1, -0.05) is 11.6 Å². The zero-order valence-electron chi connectivity index (χ0n) is 11.1. The van der Waals surface area contributed by atoms with Gasteiger partial charge >= 0.3 is 29.6 Å². The van der Waals surface area contributed by atoms with Gasteiger partial charge in [0.2, 0.25) is 5.91 Å². The number of ether oxygens (including phenoxy) is 1. The Morgan fingerprint density at radius 3 is 2.50 bits per heavy atom. The molecule has 7 heteroatoms. The number of rotatable bonds is 6. The summed E-state index contributed by atoms with van der Waals surface area (Å²) in [5.74, 6) is -1.82. The fourth-order valence-corrected chi connectivity index (χ4v) is 1.88. The van der Waals surface area contributed by atoms with Gasteiger partial charge in [0.05, 0.1) is 6.54 Å². The second-order valence-electron chi connectivity index (χ2n) is 4.36. The second kappa shape index (κ2) is 7.88. The predicted octanol–water partition coefficient (Wildman–Crippen LogP) is -2.77. The van der Waals surface area contributed by atoms with Gasteiger partial charge in [0.25, 0.3) is 0 Å². The van der Waals surface area contributed by atoms with Gasteiger partial charge in [0.15, 0.2) is 0 Å². The first-order valence-electron chi connectivity index (χ1n) is 5.95. The quantitative estimate of drug-likeness (QED) is 0.456. The smallest absolute Gasteiger partial charge is 0.550 e. The van der Waals surface area contributed by atoms with Crippen molar-refractivity contribution < 1.29 is 49.0 Å². The number of nitrogens with one attached hydrogen (secondary N) is 1. The number of benzene rings is 1. The number of amides is 1. The maximum absolute atomic E-state index is 11.5. The molecule has 1 aliphatic rings. The molecular formula is C13H13ClNNaO4. The van der Waals surface area contributed by atoms with E-state index < -0.39 is 17.8 Å². The second-order valence-corrected chi connectivity index (χ2v) is 4.80. The van der Waals surface area contributed by atoms with Crippen LogP contribution in [0.5, 0.6) is 5.75 Å². The van der Waals surface area contributed by atoms with E-state index in [9.17, 15) is 14.7 Å². The molecule has 0 saturated heterocycles. The predicted molar refractivity (Wildman–Crippen MR) is 66.6 cm³/mol. The Bertz CT molecular complexity index is 480. The van der Waals surface area contributed by atoms with Crippen LogP contribution in [-0.4, -0.2) is 25.0 Å². The summed E-state index contributed by atoms with van der Waals surface area (Å²) in [6, 6.07) is 6.89. The van der Waals surface area contributed by atoms with Crippen LogP contribution in [0.2, 0.25) is 5.02 Å². The molecule has 0 heterocycles. The standard InChI is InChI=1S/C13H14ClNO4.Na/c14-8-1-3-9(4-2-8)19-6-5-15-12(16)10-7-11(10)13(17)18;/h1-4,10-11H,5-7H2,(H,15,16)(H,17,18);/q;+1/p-1/t10-,11+;/m0./s1. The summed E-state index contributed by atoms with van der Waals surface area (Å²) in [5, 5.41) is 13.7. The van der Waals surface area contributed by atoms with Crippen molar-refractivity contribution in [2.75, 3.05) is 13.2 Å². The van der Waals surface area contributed by atoms with Crippen LogP contribution < -0.4 is 44.7 Å². The molecule has 2 rings (SSSR count). The van der Waals surface area contributed by atoms with E-state index in [2.05, 4.69) is 5.32 Å². The Hall–Kier alpha value is -0.750. The molecule has 2 atom stereocenters. The molecule has 1 aliphatic carbocycles. The maximum Gasteiger partial charge on any atom is 1.00 e. The van der Waals surface area contributed by atoms with Gasteiger partial charge < -0.3 is 20.0 Å². The van der Waals surface area contributed by atoms with E-state index in [1.54, 1.807) is 24.3 Å². The number of carbonyl (C=O) groups excluding carboxylic acids is 2. The molecule has 1 amide bonds. The van der Waals surface area contributed by atoms with Crippen molar-refractivity contribution >= 4 is 23.5 Å². The third-order valence-electron chi connectivity index (χ3n) is 2.91. The Kier molecular flexibility index (Phi) is 6.82. The molecule has 0 spiro atoms. The fraction of sp³-hybridized carbons (Fsp3) is 0.385. The van der Waals surface area contributed by atoms with Crippen molar-refractivity contribution in [2.45, 2.75) is 6.42 Å². The molecule has 0 radical (unpaired) electrons. The van der Waals surface area contributed by atoms with Gasteiger partial charge in [-0.15, -0.1) is 0 Å². The molecule has 0 unspecified atom stereocenters. The molecular weight excluding hydrogens is 293 g/mol. The average Bonchev–Trinajstić information content (AvgIpc) is 3.17. The van der Waals surface area contributed by atoms with Crippen molar-refractivity contribution in [3.63, 3.8) is 0 Å². The van der Waals surface area contributed by atoms with Crippen molar-refractivity contribution in [1.82, 2.24) is 5.32 Å². The summed E-state index contributed by atoms with van der Waals surface area (Å²) in [6.07, 6.45) is 0.367. The number of halogens is 1. The molecule has 20 heavy (non-hydrogen) atoms. The Morgan fingerprint density at radius 1 is 1.30 bits per heavy atom. The van der Waals surface area contributed by atoms with Crippen LogP contribution in [0.4, 0.5) is 0 Å². The van der Waals surface area contributed by atoms with Crippen LogP contribution in [-0.2, 0) is 9.59 Å². The Balaban J connectivity index is 0.00000200. The van der Waals surface area contributed by atoms with Gasteiger partial charge in [-0.2, -0.15) is 0 Å². The minimum atomic E-state index is -1.16. The third-order valence-corrected chi connectivity index (χ3v) is 3.17. The van der Waals surface area contributed by atoms with E-state index >= 15 is 0 Å². The van der Waals surface area contributed by atoms with Crippen LogP contribution >= 0.6 is 11.6 Å². The first-order valence-corrected chi connectivity index (χ1v) is 6.32. The number of carboxylic acid groups (broad SMARTS) is 1. The van der Waals surface area contributed by atoms with Gasteiger partial charge in [-0.25, -0.2) is 0 Å². The summed E-state index contributed by atoms with van der Waals surface area (Å²) < 4.78 is 5.38. The van der Waals surface area contributed by atoms with E-state index in [1.807, 2.05) is 0 Å². The minimum absolute atomic E-state index is 0. The number of carbonyl (C=O) groups is 2. The summed E-state index contributed by atoms with van der Waals surface area (Å²) in [7, 11) is 0. The van der Waals surface area contributed by atoms with Gasteiger partial charge in [0.1, 0.15) is 12.4 Å². The van der Waals surface area contributed by atoms with Gasteiger partial charge in [0, 0.05) is 22.8 Å². The van der Waals surface area contributed by atoms with E-state index in [1.165, 1.54) is 0 Å². The Labute approximate surface area is 143 Å². The first kappa shape index (κ1) is 17.3. The number of carboxylic acids is 1. The fourth-order valence-electron chi connectivity index (χ4n) is 1.75. The van der Waals surface area contributed by atoms with E-state index in [4.69, 9.17) is 16.3 Å². The van der Waals surface area contributed by atoms with E-state index in [-0.39, 0.29) is 35.5 Å². The largest absolute Gasteiger partial charge is 1.00 e. The normalized spacial score (nSPS) is 19.6. The molecule has 1 fully saturated rings. The summed E-state index contributed by atoms with van der Waals surface area (Å²) in [6.45, 7) is 0.647. The minimum Gasteiger partial charge on any atom is -0.550 e. The van der Waals surface area contributed by atoms with Crippen molar-refractivity contribution in [3.8, 4) is 5.75 Å². The molecule has 1 aromatic carbocycles. The molecule has 1 saturated carbocycles. The summed E-state index contributed by atoms with van der Waals surface area (Å²) in [4.78, 5) is 22.0. The van der Waals surface area contributed by atoms with E-state index in [0.717, 1.165) is 0 Å². The van der Waals surface area contributed by atoms with Crippen LogP contribution in [0.15, 0.2) is 24.3 Å². The number of hydrogen-bond acceptors (Lipinski definition) is 4. The topological polar surface area (TPSA) is 78.5 Å². The molecule has 0 aliphatic heterocycles. The van der Waals surface area contributed by atoms with Crippen LogP contribution in [0.3, 0.4) is 0 Å². The summed E-state index contributed by atoms with van der Waals surface area (Å²) in [5.41, 5.74) is 0. The average molecular weight is 306 g/mol. The molecule has 1 aromatic rings. The van der Waals surface area contributed by atoms with Crippen LogP contribution in [0.25, 0.3) is 0 Å². The monoisotopic (exact) mass is 305 g/mol. The molecule has 102 valence electrons. The van der Waals surface area contributed by atoms with Crippen molar-refractivity contribution in [2.24, 2.45) is 11.8 Å². The third kappa shape index (κ3) is 4.98. The molecule has 1 N–H and O–H groups in total. The number of hydrogen-bond donors (Lipinski definition) is 1. The molecule has 0 aromatic heterocycles. The zero-order valence-corrected chi connectivity index (χ0v) is 13.9.